The SMILES string of the molecule is CCCNc1nccc(N(C)C(C)c2cccs2)n1. The zero-order valence-corrected chi connectivity index (χ0v) is 12.4. The summed E-state index contributed by atoms with van der Waals surface area (Å²) in [5, 5.41) is 5.32. The lowest BCUT2D eigenvalue weighted by Gasteiger charge is -2.25. The normalized spacial score (nSPS) is 12.2. The fourth-order valence-corrected chi connectivity index (χ4v) is 2.61. The summed E-state index contributed by atoms with van der Waals surface area (Å²) in [6, 6.07) is 6.50. The van der Waals surface area contributed by atoms with Gasteiger partial charge in [0.2, 0.25) is 5.95 Å². The minimum atomic E-state index is 0.314. The molecule has 0 saturated carbocycles. The molecule has 2 aromatic heterocycles. The Morgan fingerprint density at radius 1 is 1.42 bits per heavy atom. The number of anilines is 2. The number of nitrogens with one attached hydrogen (secondary N) is 1. The molecule has 4 nitrogen and oxygen atoms in total. The van der Waals surface area contributed by atoms with E-state index in [0.717, 1.165) is 18.8 Å². The highest BCUT2D eigenvalue weighted by Gasteiger charge is 2.14. The van der Waals surface area contributed by atoms with Crippen molar-refractivity contribution in [3.8, 4) is 0 Å². The van der Waals surface area contributed by atoms with E-state index in [9.17, 15) is 0 Å². The van der Waals surface area contributed by atoms with Crippen molar-refractivity contribution in [3.63, 3.8) is 0 Å². The molecule has 0 aromatic carbocycles. The van der Waals surface area contributed by atoms with Gasteiger partial charge in [-0.1, -0.05) is 13.0 Å². The summed E-state index contributed by atoms with van der Waals surface area (Å²) in [5.74, 6) is 1.64. The fourth-order valence-electron chi connectivity index (χ4n) is 1.79. The molecule has 1 unspecified atom stereocenters. The predicted molar refractivity (Wildman–Crippen MR) is 81.9 cm³/mol. The Kier molecular flexibility index (Phi) is 4.74. The number of rotatable bonds is 6. The van der Waals surface area contributed by atoms with E-state index >= 15 is 0 Å². The van der Waals surface area contributed by atoms with Crippen LogP contribution in [0, 0.1) is 0 Å². The van der Waals surface area contributed by atoms with E-state index in [1.54, 1.807) is 17.5 Å². The first-order valence-corrected chi connectivity index (χ1v) is 7.43. The van der Waals surface area contributed by atoms with E-state index in [0.29, 0.717) is 12.0 Å². The first kappa shape index (κ1) is 13.8. The van der Waals surface area contributed by atoms with Crippen LogP contribution in [-0.2, 0) is 0 Å². The minimum absolute atomic E-state index is 0.314. The van der Waals surface area contributed by atoms with Crippen molar-refractivity contribution in [2.24, 2.45) is 0 Å². The molecule has 0 aliphatic rings. The third kappa shape index (κ3) is 3.44. The Balaban J connectivity index is 2.12. The van der Waals surface area contributed by atoms with Crippen molar-refractivity contribution in [3.05, 3.63) is 34.7 Å². The van der Waals surface area contributed by atoms with Crippen LogP contribution in [0.25, 0.3) is 0 Å². The van der Waals surface area contributed by atoms with Crippen molar-refractivity contribution in [1.29, 1.82) is 0 Å². The molecule has 1 atom stereocenters. The Morgan fingerprint density at radius 3 is 2.95 bits per heavy atom. The summed E-state index contributed by atoms with van der Waals surface area (Å²) < 4.78 is 0. The molecule has 2 rings (SSSR count). The van der Waals surface area contributed by atoms with Crippen LogP contribution in [0.5, 0.6) is 0 Å². The van der Waals surface area contributed by atoms with Crippen molar-refractivity contribution in [2.45, 2.75) is 26.3 Å². The summed E-state index contributed by atoms with van der Waals surface area (Å²) in [6.07, 6.45) is 2.87. The lowest BCUT2D eigenvalue weighted by atomic mass is 10.2. The molecule has 0 amide bonds. The van der Waals surface area contributed by atoms with E-state index < -0.39 is 0 Å². The van der Waals surface area contributed by atoms with Crippen LogP contribution in [0.15, 0.2) is 29.8 Å². The predicted octanol–water partition coefficient (Wildman–Crippen LogP) is 3.56. The maximum Gasteiger partial charge on any atom is 0.224 e. The van der Waals surface area contributed by atoms with Gasteiger partial charge in [0.1, 0.15) is 5.82 Å². The summed E-state index contributed by atoms with van der Waals surface area (Å²) in [4.78, 5) is 12.3. The van der Waals surface area contributed by atoms with Crippen LogP contribution in [0.2, 0.25) is 0 Å². The van der Waals surface area contributed by atoms with Gasteiger partial charge in [-0.15, -0.1) is 11.3 Å². The highest BCUT2D eigenvalue weighted by molar-refractivity contribution is 7.10. The Morgan fingerprint density at radius 2 is 2.26 bits per heavy atom. The van der Waals surface area contributed by atoms with Gasteiger partial charge >= 0.3 is 0 Å². The second kappa shape index (κ2) is 6.52. The first-order chi connectivity index (χ1) is 9.22. The van der Waals surface area contributed by atoms with Gasteiger partial charge in [0.25, 0.3) is 0 Å². The Labute approximate surface area is 118 Å². The average Bonchev–Trinajstić information content (AvgIpc) is 2.98. The smallest absolute Gasteiger partial charge is 0.224 e. The van der Waals surface area contributed by atoms with Crippen molar-refractivity contribution >= 4 is 23.1 Å². The number of aromatic nitrogens is 2. The van der Waals surface area contributed by atoms with Crippen LogP contribution in [0.1, 0.15) is 31.2 Å². The molecule has 102 valence electrons. The van der Waals surface area contributed by atoms with Crippen molar-refractivity contribution in [1.82, 2.24) is 9.97 Å². The molecule has 5 heteroatoms. The minimum Gasteiger partial charge on any atom is -0.354 e. The topological polar surface area (TPSA) is 41.1 Å². The van der Waals surface area contributed by atoms with Gasteiger partial charge in [-0.05, 0) is 30.9 Å². The van der Waals surface area contributed by atoms with E-state index in [2.05, 4.69) is 58.6 Å². The Hall–Kier alpha value is -1.62. The molecule has 1 N–H and O–H groups in total. The molecule has 0 bridgehead atoms. The standard InChI is InChI=1S/C14H20N4S/c1-4-8-15-14-16-9-7-13(17-14)18(3)11(2)12-6-5-10-19-12/h5-7,9-11H,4,8H2,1-3H3,(H,15,16,17). The molecule has 19 heavy (non-hydrogen) atoms. The van der Waals surface area contributed by atoms with Crippen LogP contribution in [0.4, 0.5) is 11.8 Å². The lowest BCUT2D eigenvalue weighted by Crippen LogP contribution is -2.22. The van der Waals surface area contributed by atoms with Crippen LogP contribution < -0.4 is 10.2 Å². The molecule has 0 aliphatic heterocycles. The highest BCUT2D eigenvalue weighted by Crippen LogP contribution is 2.27. The van der Waals surface area contributed by atoms with Gasteiger partial charge in [0.05, 0.1) is 6.04 Å². The first-order valence-electron chi connectivity index (χ1n) is 6.55. The fraction of sp³-hybridized carbons (Fsp3) is 0.429. The van der Waals surface area contributed by atoms with Crippen LogP contribution in [0.3, 0.4) is 0 Å². The monoisotopic (exact) mass is 276 g/mol. The highest BCUT2D eigenvalue weighted by atomic mass is 32.1. The maximum absolute atomic E-state index is 4.55. The second-order valence-corrected chi connectivity index (χ2v) is 5.45. The number of hydrogen-bond donors (Lipinski definition) is 1. The van der Waals surface area contributed by atoms with Gasteiger partial charge in [0.15, 0.2) is 0 Å². The molecular formula is C14H20N4S. The van der Waals surface area contributed by atoms with Crippen molar-refractivity contribution in [2.75, 3.05) is 23.8 Å². The largest absolute Gasteiger partial charge is 0.354 e. The zero-order chi connectivity index (χ0) is 13.7. The third-order valence-corrected chi connectivity index (χ3v) is 4.11. The molecule has 0 aliphatic carbocycles. The molecular weight excluding hydrogens is 256 g/mol. The molecule has 2 heterocycles. The third-order valence-electron chi connectivity index (χ3n) is 3.07. The van der Waals surface area contributed by atoms with E-state index in [-0.39, 0.29) is 0 Å². The van der Waals surface area contributed by atoms with Gasteiger partial charge in [-0.3, -0.25) is 0 Å². The molecule has 2 aromatic rings. The van der Waals surface area contributed by atoms with Crippen LogP contribution >= 0.6 is 11.3 Å². The number of thiophene rings is 1. The maximum atomic E-state index is 4.55. The van der Waals surface area contributed by atoms with Gasteiger partial charge in [-0.2, -0.15) is 4.98 Å². The molecule has 0 fully saturated rings. The lowest BCUT2D eigenvalue weighted by molar-refractivity contribution is 0.740. The zero-order valence-electron chi connectivity index (χ0n) is 11.6. The summed E-state index contributed by atoms with van der Waals surface area (Å²) in [6.45, 7) is 5.21. The Bertz CT molecular complexity index is 498. The van der Waals surface area contributed by atoms with E-state index in [1.165, 1.54) is 4.88 Å². The van der Waals surface area contributed by atoms with Crippen molar-refractivity contribution < 1.29 is 0 Å². The second-order valence-electron chi connectivity index (χ2n) is 4.47. The van der Waals surface area contributed by atoms with Gasteiger partial charge in [-0.25, -0.2) is 4.98 Å². The van der Waals surface area contributed by atoms with Gasteiger partial charge < -0.3 is 10.2 Å². The van der Waals surface area contributed by atoms with E-state index in [1.807, 2.05) is 6.07 Å². The molecule has 0 spiro atoms. The molecule has 0 saturated heterocycles. The number of nitrogens with zero attached hydrogens (tertiary/aromatic N) is 3. The molecule has 0 radical (unpaired) electrons. The summed E-state index contributed by atoms with van der Waals surface area (Å²) in [5.41, 5.74) is 0. The van der Waals surface area contributed by atoms with Gasteiger partial charge in [0, 0.05) is 24.7 Å². The van der Waals surface area contributed by atoms with Crippen LogP contribution in [-0.4, -0.2) is 23.6 Å². The summed E-state index contributed by atoms with van der Waals surface area (Å²) in [7, 11) is 2.07. The quantitative estimate of drug-likeness (QED) is 0.876. The average molecular weight is 276 g/mol. The van der Waals surface area contributed by atoms with E-state index in [4.69, 9.17) is 0 Å². The summed E-state index contributed by atoms with van der Waals surface area (Å²) >= 11 is 1.77. The number of hydrogen-bond acceptors (Lipinski definition) is 5.